The fourth-order valence-electron chi connectivity index (χ4n) is 1.74. The summed E-state index contributed by atoms with van der Waals surface area (Å²) in [6.45, 7) is 0.605. The maximum absolute atomic E-state index is 8.52. The highest BCUT2D eigenvalue weighted by Gasteiger charge is 2.44. The minimum absolute atomic E-state index is 0.130. The predicted molar refractivity (Wildman–Crippen MR) is 39.3 cm³/mol. The van der Waals surface area contributed by atoms with Crippen LogP contribution in [0.1, 0.15) is 19.3 Å². The SMILES string of the molecule is OCCOC1CCC2OC2C1. The van der Waals surface area contributed by atoms with Crippen LogP contribution in [0.4, 0.5) is 0 Å². The third-order valence-electron chi connectivity index (χ3n) is 2.40. The number of aliphatic hydroxyl groups excluding tert-OH is 1. The molecule has 2 rings (SSSR count). The van der Waals surface area contributed by atoms with Crippen molar-refractivity contribution in [3.8, 4) is 0 Å². The maximum Gasteiger partial charge on any atom is 0.0866 e. The van der Waals surface area contributed by atoms with Crippen LogP contribution in [0.15, 0.2) is 0 Å². The molecular formula is C8H14O3. The Hall–Kier alpha value is -0.120. The molecule has 1 aliphatic carbocycles. The Kier molecular flexibility index (Phi) is 2.11. The van der Waals surface area contributed by atoms with Crippen LogP contribution < -0.4 is 0 Å². The van der Waals surface area contributed by atoms with Crippen molar-refractivity contribution >= 4 is 0 Å². The topological polar surface area (TPSA) is 42.0 Å². The van der Waals surface area contributed by atoms with E-state index in [9.17, 15) is 0 Å². The van der Waals surface area contributed by atoms with Gasteiger partial charge in [-0.3, -0.25) is 0 Å². The molecule has 0 aromatic carbocycles. The third-order valence-corrected chi connectivity index (χ3v) is 2.40. The van der Waals surface area contributed by atoms with Gasteiger partial charge in [0.25, 0.3) is 0 Å². The first-order chi connectivity index (χ1) is 5.40. The minimum Gasteiger partial charge on any atom is -0.394 e. The average Bonchev–Trinajstić information content (AvgIpc) is 2.78. The van der Waals surface area contributed by atoms with E-state index in [2.05, 4.69) is 0 Å². The average molecular weight is 158 g/mol. The van der Waals surface area contributed by atoms with Crippen molar-refractivity contribution in [2.45, 2.75) is 37.6 Å². The van der Waals surface area contributed by atoms with Gasteiger partial charge in [0.15, 0.2) is 0 Å². The van der Waals surface area contributed by atoms with Gasteiger partial charge in [0.1, 0.15) is 0 Å². The second kappa shape index (κ2) is 3.09. The molecule has 2 aliphatic rings. The summed E-state index contributed by atoms with van der Waals surface area (Å²) in [5.41, 5.74) is 0. The van der Waals surface area contributed by atoms with Gasteiger partial charge in [-0.1, -0.05) is 0 Å². The molecular weight excluding hydrogens is 144 g/mol. The molecule has 11 heavy (non-hydrogen) atoms. The molecule has 0 aromatic rings. The lowest BCUT2D eigenvalue weighted by Gasteiger charge is -2.18. The van der Waals surface area contributed by atoms with Gasteiger partial charge in [-0.25, -0.2) is 0 Å². The highest BCUT2D eigenvalue weighted by atomic mass is 16.6. The zero-order chi connectivity index (χ0) is 7.68. The summed E-state index contributed by atoms with van der Waals surface area (Å²) in [4.78, 5) is 0. The van der Waals surface area contributed by atoms with Gasteiger partial charge in [0.2, 0.25) is 0 Å². The number of epoxide rings is 1. The molecule has 64 valence electrons. The highest BCUT2D eigenvalue weighted by molar-refractivity contribution is 4.92. The number of rotatable bonds is 3. The van der Waals surface area contributed by atoms with Gasteiger partial charge < -0.3 is 14.6 Å². The molecule has 2 fully saturated rings. The summed E-state index contributed by atoms with van der Waals surface area (Å²) < 4.78 is 10.7. The molecule has 0 aromatic heterocycles. The molecule has 3 unspecified atom stereocenters. The van der Waals surface area contributed by atoms with Crippen molar-refractivity contribution in [3.05, 3.63) is 0 Å². The van der Waals surface area contributed by atoms with Crippen molar-refractivity contribution < 1.29 is 14.6 Å². The number of fused-ring (bicyclic) bond motifs is 1. The van der Waals surface area contributed by atoms with Crippen molar-refractivity contribution in [2.24, 2.45) is 0 Å². The lowest BCUT2D eigenvalue weighted by molar-refractivity contribution is 0.0126. The zero-order valence-corrected chi connectivity index (χ0v) is 6.53. The second-order valence-electron chi connectivity index (χ2n) is 3.24. The Labute approximate surface area is 66.3 Å². The summed E-state index contributed by atoms with van der Waals surface area (Å²) in [5, 5.41) is 8.52. The lowest BCUT2D eigenvalue weighted by atomic mass is 9.98. The first kappa shape index (κ1) is 7.53. The minimum atomic E-state index is 0.130. The van der Waals surface area contributed by atoms with Gasteiger partial charge >= 0.3 is 0 Å². The van der Waals surface area contributed by atoms with E-state index in [0.717, 1.165) is 19.3 Å². The van der Waals surface area contributed by atoms with E-state index in [1.165, 1.54) is 0 Å². The standard InChI is InChI=1S/C8H14O3/c9-3-4-10-6-1-2-7-8(5-6)11-7/h6-9H,1-5H2. The maximum atomic E-state index is 8.52. The Balaban J connectivity index is 1.68. The molecule has 1 aliphatic heterocycles. The lowest BCUT2D eigenvalue weighted by Crippen LogP contribution is -2.22. The quantitative estimate of drug-likeness (QED) is 0.601. The van der Waals surface area contributed by atoms with Crippen LogP contribution >= 0.6 is 0 Å². The van der Waals surface area contributed by atoms with Crippen molar-refractivity contribution in [1.82, 2.24) is 0 Å². The Morgan fingerprint density at radius 2 is 2.27 bits per heavy atom. The number of aliphatic hydroxyl groups is 1. The molecule has 3 atom stereocenters. The number of hydrogen-bond donors (Lipinski definition) is 1. The molecule has 1 saturated carbocycles. The molecule has 0 amide bonds. The molecule has 0 spiro atoms. The molecule has 3 nitrogen and oxygen atoms in total. The monoisotopic (exact) mass is 158 g/mol. The Bertz CT molecular complexity index is 137. The van der Waals surface area contributed by atoms with Crippen LogP contribution in [-0.2, 0) is 9.47 Å². The molecule has 3 heteroatoms. The van der Waals surface area contributed by atoms with Crippen LogP contribution in [0.5, 0.6) is 0 Å². The van der Waals surface area contributed by atoms with E-state index in [-0.39, 0.29) is 6.61 Å². The predicted octanol–water partition coefficient (Wildman–Crippen LogP) is 0.315. The van der Waals surface area contributed by atoms with Gasteiger partial charge in [-0.2, -0.15) is 0 Å². The van der Waals surface area contributed by atoms with E-state index in [0.29, 0.717) is 24.9 Å². The van der Waals surface area contributed by atoms with E-state index in [1.54, 1.807) is 0 Å². The van der Waals surface area contributed by atoms with Crippen LogP contribution in [0.25, 0.3) is 0 Å². The van der Waals surface area contributed by atoms with Crippen LogP contribution in [0, 0.1) is 0 Å². The molecule has 0 radical (unpaired) electrons. The Morgan fingerprint density at radius 1 is 1.36 bits per heavy atom. The van der Waals surface area contributed by atoms with Crippen LogP contribution in [-0.4, -0.2) is 36.6 Å². The van der Waals surface area contributed by atoms with E-state index < -0.39 is 0 Å². The van der Waals surface area contributed by atoms with Crippen LogP contribution in [0.2, 0.25) is 0 Å². The highest BCUT2D eigenvalue weighted by Crippen LogP contribution is 2.37. The van der Waals surface area contributed by atoms with Gasteiger partial charge in [-0.15, -0.1) is 0 Å². The number of hydrogen-bond acceptors (Lipinski definition) is 3. The number of ether oxygens (including phenoxy) is 2. The molecule has 1 N–H and O–H groups in total. The van der Waals surface area contributed by atoms with Crippen LogP contribution in [0.3, 0.4) is 0 Å². The first-order valence-electron chi connectivity index (χ1n) is 4.28. The molecule has 0 bridgehead atoms. The zero-order valence-electron chi connectivity index (χ0n) is 6.53. The third kappa shape index (κ3) is 1.72. The largest absolute Gasteiger partial charge is 0.394 e. The summed E-state index contributed by atoms with van der Waals surface area (Å²) in [5.74, 6) is 0. The smallest absolute Gasteiger partial charge is 0.0866 e. The van der Waals surface area contributed by atoms with E-state index in [4.69, 9.17) is 14.6 Å². The van der Waals surface area contributed by atoms with Crippen molar-refractivity contribution in [1.29, 1.82) is 0 Å². The van der Waals surface area contributed by atoms with Crippen molar-refractivity contribution in [3.63, 3.8) is 0 Å². The van der Waals surface area contributed by atoms with E-state index >= 15 is 0 Å². The van der Waals surface area contributed by atoms with Gasteiger partial charge in [0.05, 0.1) is 31.5 Å². The Morgan fingerprint density at radius 3 is 3.00 bits per heavy atom. The molecule has 1 saturated heterocycles. The van der Waals surface area contributed by atoms with Gasteiger partial charge in [0, 0.05) is 6.42 Å². The fraction of sp³-hybridized carbons (Fsp3) is 1.00. The first-order valence-corrected chi connectivity index (χ1v) is 4.28. The molecule has 1 heterocycles. The fourth-order valence-corrected chi connectivity index (χ4v) is 1.74. The normalized spacial score (nSPS) is 41.7. The summed E-state index contributed by atoms with van der Waals surface area (Å²) in [6, 6.07) is 0. The van der Waals surface area contributed by atoms with E-state index in [1.807, 2.05) is 0 Å². The van der Waals surface area contributed by atoms with Gasteiger partial charge in [-0.05, 0) is 12.8 Å². The summed E-state index contributed by atoms with van der Waals surface area (Å²) in [6.07, 6.45) is 4.63. The van der Waals surface area contributed by atoms with Crippen molar-refractivity contribution in [2.75, 3.05) is 13.2 Å². The second-order valence-corrected chi connectivity index (χ2v) is 3.24. The summed E-state index contributed by atoms with van der Waals surface area (Å²) in [7, 11) is 0. The summed E-state index contributed by atoms with van der Waals surface area (Å²) >= 11 is 0.